The van der Waals surface area contributed by atoms with Crippen molar-refractivity contribution in [2.24, 2.45) is 0 Å². The van der Waals surface area contributed by atoms with E-state index in [1.807, 2.05) is 13.8 Å². The molecule has 0 amide bonds. The standard InChI is InChI=1S/C14H24N4O2/c1-4-5-15-13-10(2)14(17-11(3)16-13)18-6-7-20-12(8-18)9-19/h12,19H,4-9H2,1-3H3,(H,15,16,17). The van der Waals surface area contributed by atoms with Gasteiger partial charge in [-0.05, 0) is 20.3 Å². The molecule has 20 heavy (non-hydrogen) atoms. The molecule has 1 aromatic heterocycles. The molecule has 0 saturated carbocycles. The van der Waals surface area contributed by atoms with Crippen LogP contribution >= 0.6 is 0 Å². The lowest BCUT2D eigenvalue weighted by molar-refractivity contribution is 0.00332. The van der Waals surface area contributed by atoms with Crippen LogP contribution < -0.4 is 10.2 Å². The Morgan fingerprint density at radius 1 is 1.40 bits per heavy atom. The Hall–Kier alpha value is -1.40. The van der Waals surface area contributed by atoms with Crippen LogP contribution in [0.1, 0.15) is 24.7 Å². The van der Waals surface area contributed by atoms with Crippen LogP contribution in [0.5, 0.6) is 0 Å². The summed E-state index contributed by atoms with van der Waals surface area (Å²) in [6.07, 6.45) is 0.924. The monoisotopic (exact) mass is 280 g/mol. The van der Waals surface area contributed by atoms with E-state index in [0.29, 0.717) is 13.2 Å². The number of nitrogens with zero attached hydrogens (tertiary/aromatic N) is 3. The molecular weight excluding hydrogens is 256 g/mol. The quantitative estimate of drug-likeness (QED) is 0.842. The molecule has 0 bridgehead atoms. The number of aromatic nitrogens is 2. The first-order valence-corrected chi connectivity index (χ1v) is 7.22. The lowest BCUT2D eigenvalue weighted by atomic mass is 10.2. The minimum Gasteiger partial charge on any atom is -0.394 e. The first kappa shape index (κ1) is 15.0. The average Bonchev–Trinajstić information content (AvgIpc) is 2.47. The third kappa shape index (κ3) is 3.37. The van der Waals surface area contributed by atoms with Gasteiger partial charge in [0, 0.05) is 25.2 Å². The SMILES string of the molecule is CCCNc1nc(C)nc(N2CCOC(CO)C2)c1C. The summed E-state index contributed by atoms with van der Waals surface area (Å²) in [6.45, 7) is 9.10. The number of ether oxygens (including phenoxy) is 1. The maximum atomic E-state index is 9.25. The van der Waals surface area contributed by atoms with Gasteiger partial charge >= 0.3 is 0 Å². The van der Waals surface area contributed by atoms with Crippen molar-refractivity contribution in [3.8, 4) is 0 Å². The summed E-state index contributed by atoms with van der Waals surface area (Å²) in [5.41, 5.74) is 1.06. The molecule has 2 rings (SSSR count). The van der Waals surface area contributed by atoms with Crippen molar-refractivity contribution in [1.29, 1.82) is 0 Å². The Morgan fingerprint density at radius 2 is 2.20 bits per heavy atom. The summed E-state index contributed by atoms with van der Waals surface area (Å²) < 4.78 is 5.49. The van der Waals surface area contributed by atoms with E-state index < -0.39 is 0 Å². The highest BCUT2D eigenvalue weighted by Crippen LogP contribution is 2.25. The van der Waals surface area contributed by atoms with Crippen molar-refractivity contribution in [2.45, 2.75) is 33.3 Å². The van der Waals surface area contributed by atoms with E-state index in [0.717, 1.165) is 42.5 Å². The summed E-state index contributed by atoms with van der Waals surface area (Å²) >= 11 is 0. The van der Waals surface area contributed by atoms with Crippen LogP contribution in [0.25, 0.3) is 0 Å². The van der Waals surface area contributed by atoms with Gasteiger partial charge in [-0.3, -0.25) is 0 Å². The van der Waals surface area contributed by atoms with Crippen molar-refractivity contribution < 1.29 is 9.84 Å². The fourth-order valence-corrected chi connectivity index (χ4v) is 2.36. The Kier molecular flexibility index (Phi) is 5.14. The van der Waals surface area contributed by atoms with Gasteiger partial charge in [-0.15, -0.1) is 0 Å². The van der Waals surface area contributed by atoms with Crippen LogP contribution in [0.3, 0.4) is 0 Å². The molecule has 2 N–H and O–H groups in total. The van der Waals surface area contributed by atoms with Gasteiger partial charge in [0.2, 0.25) is 0 Å². The van der Waals surface area contributed by atoms with Crippen LogP contribution in [0, 0.1) is 13.8 Å². The molecule has 1 atom stereocenters. The topological polar surface area (TPSA) is 70.5 Å². The normalized spacial score (nSPS) is 19.2. The fraction of sp³-hybridized carbons (Fsp3) is 0.714. The number of aryl methyl sites for hydroxylation is 1. The maximum absolute atomic E-state index is 9.25. The number of rotatable bonds is 5. The van der Waals surface area contributed by atoms with Gasteiger partial charge in [-0.25, -0.2) is 9.97 Å². The lowest BCUT2D eigenvalue weighted by Gasteiger charge is -2.34. The third-order valence-corrected chi connectivity index (χ3v) is 3.42. The minimum absolute atomic E-state index is 0.0422. The molecule has 112 valence electrons. The molecule has 6 heteroatoms. The van der Waals surface area contributed by atoms with Gasteiger partial charge in [0.1, 0.15) is 17.5 Å². The fourth-order valence-electron chi connectivity index (χ4n) is 2.36. The molecule has 0 aliphatic carbocycles. The van der Waals surface area contributed by atoms with Crippen molar-refractivity contribution in [1.82, 2.24) is 9.97 Å². The molecule has 1 aliphatic rings. The minimum atomic E-state index is -0.134. The van der Waals surface area contributed by atoms with Crippen LogP contribution in [-0.2, 0) is 4.74 Å². The molecule has 1 aliphatic heterocycles. The molecule has 0 radical (unpaired) electrons. The first-order valence-electron chi connectivity index (χ1n) is 7.22. The second-order valence-electron chi connectivity index (χ2n) is 5.12. The molecular formula is C14H24N4O2. The highest BCUT2D eigenvalue weighted by molar-refractivity contribution is 5.58. The summed E-state index contributed by atoms with van der Waals surface area (Å²) in [6, 6.07) is 0. The number of morpholine rings is 1. The lowest BCUT2D eigenvalue weighted by Crippen LogP contribution is -2.44. The Bertz CT molecular complexity index is 453. The van der Waals surface area contributed by atoms with Gasteiger partial charge in [-0.1, -0.05) is 6.92 Å². The largest absolute Gasteiger partial charge is 0.394 e. The van der Waals surface area contributed by atoms with Gasteiger partial charge in [0.25, 0.3) is 0 Å². The molecule has 1 aromatic rings. The highest BCUT2D eigenvalue weighted by atomic mass is 16.5. The number of anilines is 2. The second kappa shape index (κ2) is 6.85. The smallest absolute Gasteiger partial charge is 0.137 e. The van der Waals surface area contributed by atoms with Crippen LogP contribution in [0.4, 0.5) is 11.6 Å². The first-order chi connectivity index (χ1) is 9.65. The zero-order chi connectivity index (χ0) is 14.5. The second-order valence-corrected chi connectivity index (χ2v) is 5.12. The van der Waals surface area contributed by atoms with E-state index in [-0.39, 0.29) is 12.7 Å². The van der Waals surface area contributed by atoms with Crippen LogP contribution in [0.15, 0.2) is 0 Å². The molecule has 0 aromatic carbocycles. The average molecular weight is 280 g/mol. The van der Waals surface area contributed by atoms with Crippen LogP contribution in [-0.4, -0.2) is 54.0 Å². The summed E-state index contributed by atoms with van der Waals surface area (Å²) in [5.74, 6) is 2.61. The van der Waals surface area contributed by atoms with Gasteiger partial charge in [0.15, 0.2) is 0 Å². The van der Waals surface area contributed by atoms with Crippen LogP contribution in [0.2, 0.25) is 0 Å². The zero-order valence-electron chi connectivity index (χ0n) is 12.5. The summed E-state index contributed by atoms with van der Waals surface area (Å²) in [5, 5.41) is 12.6. The Morgan fingerprint density at radius 3 is 2.90 bits per heavy atom. The van der Waals surface area contributed by atoms with E-state index in [1.165, 1.54) is 0 Å². The van der Waals surface area contributed by atoms with E-state index in [9.17, 15) is 5.11 Å². The van der Waals surface area contributed by atoms with Crippen molar-refractivity contribution in [3.05, 3.63) is 11.4 Å². The Balaban J connectivity index is 2.23. The Labute approximate surface area is 120 Å². The van der Waals surface area contributed by atoms with Crippen molar-refractivity contribution in [3.63, 3.8) is 0 Å². The number of hydrogen-bond acceptors (Lipinski definition) is 6. The summed E-state index contributed by atoms with van der Waals surface area (Å²) in [7, 11) is 0. The maximum Gasteiger partial charge on any atom is 0.137 e. The number of aliphatic hydroxyl groups is 1. The van der Waals surface area contributed by atoms with Gasteiger partial charge in [0.05, 0.1) is 19.3 Å². The molecule has 1 unspecified atom stereocenters. The number of nitrogens with one attached hydrogen (secondary N) is 1. The van der Waals surface area contributed by atoms with Gasteiger partial charge < -0.3 is 20.1 Å². The van der Waals surface area contributed by atoms with E-state index in [1.54, 1.807) is 0 Å². The number of hydrogen-bond donors (Lipinski definition) is 2. The van der Waals surface area contributed by atoms with Gasteiger partial charge in [-0.2, -0.15) is 0 Å². The molecule has 6 nitrogen and oxygen atoms in total. The highest BCUT2D eigenvalue weighted by Gasteiger charge is 2.23. The van der Waals surface area contributed by atoms with E-state index in [2.05, 4.69) is 27.1 Å². The van der Waals surface area contributed by atoms with Crippen molar-refractivity contribution in [2.75, 3.05) is 43.1 Å². The molecule has 1 fully saturated rings. The molecule has 2 heterocycles. The zero-order valence-corrected chi connectivity index (χ0v) is 12.5. The van der Waals surface area contributed by atoms with E-state index in [4.69, 9.17) is 4.74 Å². The summed E-state index contributed by atoms with van der Waals surface area (Å²) in [4.78, 5) is 11.2. The molecule has 0 spiro atoms. The van der Waals surface area contributed by atoms with Crippen molar-refractivity contribution >= 4 is 11.6 Å². The number of aliphatic hydroxyl groups excluding tert-OH is 1. The predicted octanol–water partition coefficient (Wildman–Crippen LogP) is 1.11. The predicted molar refractivity (Wildman–Crippen MR) is 79.3 cm³/mol. The molecule has 1 saturated heterocycles. The van der Waals surface area contributed by atoms with E-state index >= 15 is 0 Å². The third-order valence-electron chi connectivity index (χ3n) is 3.42.